The fraction of sp³-hybridized carbons (Fsp3) is 0.364. The molecule has 0 atom stereocenters. The van der Waals surface area contributed by atoms with Crippen LogP contribution in [-0.4, -0.2) is 11.1 Å². The van der Waals surface area contributed by atoms with Gasteiger partial charge < -0.3 is 5.11 Å². The zero-order valence-corrected chi connectivity index (χ0v) is 10.6. The number of carboxylic acids is 1. The Labute approximate surface area is 97.5 Å². The second-order valence-corrected chi connectivity index (χ2v) is 5.41. The first-order valence-corrected chi connectivity index (χ1v) is 5.43. The van der Waals surface area contributed by atoms with Crippen LogP contribution >= 0.6 is 22.6 Å². The Balaban J connectivity index is 3.29. The predicted molar refractivity (Wildman–Crippen MR) is 64.8 cm³/mol. The summed E-state index contributed by atoms with van der Waals surface area (Å²) >= 11 is 2.23. The van der Waals surface area contributed by atoms with Crippen molar-refractivity contribution in [2.75, 3.05) is 0 Å². The average molecular weight is 304 g/mol. The van der Waals surface area contributed by atoms with Crippen LogP contribution in [0.15, 0.2) is 18.2 Å². The van der Waals surface area contributed by atoms with Gasteiger partial charge in [-0.3, -0.25) is 0 Å². The summed E-state index contributed by atoms with van der Waals surface area (Å²) in [7, 11) is 0. The second-order valence-electron chi connectivity index (χ2n) is 4.25. The van der Waals surface area contributed by atoms with Gasteiger partial charge in [0.15, 0.2) is 0 Å². The van der Waals surface area contributed by atoms with Crippen molar-refractivity contribution in [3.05, 3.63) is 32.9 Å². The van der Waals surface area contributed by atoms with Gasteiger partial charge in [0.25, 0.3) is 0 Å². The van der Waals surface area contributed by atoms with E-state index in [1.807, 2.05) is 6.07 Å². The summed E-state index contributed by atoms with van der Waals surface area (Å²) in [4.78, 5) is 10.8. The van der Waals surface area contributed by atoms with Crippen LogP contribution in [0.3, 0.4) is 0 Å². The molecular formula is C11H13IO2. The van der Waals surface area contributed by atoms with E-state index in [4.69, 9.17) is 5.11 Å². The minimum atomic E-state index is -0.869. The Morgan fingerprint density at radius 1 is 1.36 bits per heavy atom. The van der Waals surface area contributed by atoms with E-state index in [9.17, 15) is 4.79 Å². The summed E-state index contributed by atoms with van der Waals surface area (Å²) < 4.78 is 1.11. The molecule has 0 heterocycles. The zero-order valence-electron chi connectivity index (χ0n) is 8.47. The largest absolute Gasteiger partial charge is 0.478 e. The summed E-state index contributed by atoms with van der Waals surface area (Å²) in [5.74, 6) is -0.869. The summed E-state index contributed by atoms with van der Waals surface area (Å²) in [5.41, 5.74) is 1.43. The Bertz CT molecular complexity index is 364. The standard InChI is InChI=1S/C11H13IO2/c1-11(2,3)8-6-7(10(13)14)4-5-9(8)12/h4-6H,1-3H3,(H,13,14). The summed E-state index contributed by atoms with van der Waals surface area (Å²) in [5, 5.41) is 8.86. The van der Waals surface area contributed by atoms with Gasteiger partial charge in [0.2, 0.25) is 0 Å². The van der Waals surface area contributed by atoms with Crippen LogP contribution < -0.4 is 0 Å². The molecule has 1 N–H and O–H groups in total. The van der Waals surface area contributed by atoms with E-state index in [0.717, 1.165) is 9.13 Å². The van der Waals surface area contributed by atoms with Crippen molar-refractivity contribution in [2.24, 2.45) is 0 Å². The van der Waals surface area contributed by atoms with E-state index in [1.165, 1.54) is 0 Å². The molecule has 0 saturated heterocycles. The molecule has 14 heavy (non-hydrogen) atoms. The highest BCUT2D eigenvalue weighted by atomic mass is 127. The smallest absolute Gasteiger partial charge is 0.335 e. The molecule has 0 saturated carbocycles. The molecule has 0 spiro atoms. The third-order valence-corrected chi connectivity index (χ3v) is 2.96. The lowest BCUT2D eigenvalue weighted by atomic mass is 9.86. The normalized spacial score (nSPS) is 11.4. The van der Waals surface area contributed by atoms with Gasteiger partial charge in [-0.2, -0.15) is 0 Å². The molecule has 3 heteroatoms. The molecule has 0 radical (unpaired) electrons. The number of carboxylic acid groups (broad SMARTS) is 1. The third kappa shape index (κ3) is 2.47. The Morgan fingerprint density at radius 2 is 1.93 bits per heavy atom. The van der Waals surface area contributed by atoms with Gasteiger partial charge in [-0.05, 0) is 51.8 Å². The lowest BCUT2D eigenvalue weighted by Crippen LogP contribution is -2.14. The van der Waals surface area contributed by atoms with Gasteiger partial charge in [-0.25, -0.2) is 4.79 Å². The summed E-state index contributed by atoms with van der Waals surface area (Å²) in [6.07, 6.45) is 0. The van der Waals surface area contributed by atoms with Crippen molar-refractivity contribution in [1.29, 1.82) is 0 Å². The SMILES string of the molecule is CC(C)(C)c1cc(C(=O)O)ccc1I. The molecular weight excluding hydrogens is 291 g/mol. The first-order valence-electron chi connectivity index (χ1n) is 4.35. The third-order valence-electron chi connectivity index (χ3n) is 2.02. The minimum absolute atomic E-state index is 0.0119. The molecule has 1 aromatic carbocycles. The maximum atomic E-state index is 10.8. The van der Waals surface area contributed by atoms with Gasteiger partial charge >= 0.3 is 5.97 Å². The number of carbonyl (C=O) groups is 1. The number of benzene rings is 1. The lowest BCUT2D eigenvalue weighted by Gasteiger charge is -2.21. The molecule has 76 valence electrons. The van der Waals surface area contributed by atoms with Gasteiger partial charge in [-0.1, -0.05) is 20.8 Å². The van der Waals surface area contributed by atoms with E-state index in [0.29, 0.717) is 5.56 Å². The van der Waals surface area contributed by atoms with Crippen molar-refractivity contribution >= 4 is 28.6 Å². The van der Waals surface area contributed by atoms with Crippen molar-refractivity contribution in [3.63, 3.8) is 0 Å². The van der Waals surface area contributed by atoms with E-state index >= 15 is 0 Å². The van der Waals surface area contributed by atoms with Gasteiger partial charge in [0.05, 0.1) is 5.56 Å². The van der Waals surface area contributed by atoms with Crippen LogP contribution in [0.4, 0.5) is 0 Å². The molecule has 0 fully saturated rings. The van der Waals surface area contributed by atoms with Crippen LogP contribution in [0.5, 0.6) is 0 Å². The molecule has 0 unspecified atom stereocenters. The maximum absolute atomic E-state index is 10.8. The zero-order chi connectivity index (χ0) is 10.9. The highest BCUT2D eigenvalue weighted by Gasteiger charge is 2.18. The van der Waals surface area contributed by atoms with Crippen LogP contribution in [0.25, 0.3) is 0 Å². The Hall–Kier alpha value is -0.580. The molecule has 1 aromatic rings. The second kappa shape index (κ2) is 3.88. The molecule has 0 aliphatic rings. The summed E-state index contributed by atoms with van der Waals surface area (Å²) in [6, 6.07) is 5.24. The summed E-state index contributed by atoms with van der Waals surface area (Å²) in [6.45, 7) is 6.24. The predicted octanol–water partition coefficient (Wildman–Crippen LogP) is 3.29. The van der Waals surface area contributed by atoms with Crippen molar-refractivity contribution < 1.29 is 9.90 Å². The van der Waals surface area contributed by atoms with Crippen LogP contribution in [0.1, 0.15) is 36.7 Å². The maximum Gasteiger partial charge on any atom is 0.335 e. The Morgan fingerprint density at radius 3 is 2.36 bits per heavy atom. The molecule has 0 aromatic heterocycles. The van der Waals surface area contributed by atoms with Crippen LogP contribution in [-0.2, 0) is 5.41 Å². The molecule has 0 aliphatic carbocycles. The average Bonchev–Trinajstić information content (AvgIpc) is 2.02. The topological polar surface area (TPSA) is 37.3 Å². The van der Waals surface area contributed by atoms with Gasteiger partial charge in [-0.15, -0.1) is 0 Å². The Kier molecular flexibility index (Phi) is 3.19. The van der Waals surface area contributed by atoms with Gasteiger partial charge in [0.1, 0.15) is 0 Å². The first kappa shape index (κ1) is 11.5. The number of aromatic carboxylic acids is 1. The van der Waals surface area contributed by atoms with E-state index < -0.39 is 5.97 Å². The highest BCUT2D eigenvalue weighted by molar-refractivity contribution is 14.1. The fourth-order valence-corrected chi connectivity index (χ4v) is 2.38. The molecule has 0 aliphatic heterocycles. The van der Waals surface area contributed by atoms with Crippen molar-refractivity contribution in [1.82, 2.24) is 0 Å². The molecule has 1 rings (SSSR count). The van der Waals surface area contributed by atoms with Crippen molar-refractivity contribution in [3.8, 4) is 0 Å². The van der Waals surface area contributed by atoms with Crippen LogP contribution in [0, 0.1) is 3.57 Å². The number of rotatable bonds is 1. The minimum Gasteiger partial charge on any atom is -0.478 e. The first-order chi connectivity index (χ1) is 6.32. The van der Waals surface area contributed by atoms with E-state index in [2.05, 4.69) is 43.4 Å². The highest BCUT2D eigenvalue weighted by Crippen LogP contribution is 2.27. The van der Waals surface area contributed by atoms with Crippen LogP contribution in [0.2, 0.25) is 0 Å². The monoisotopic (exact) mass is 304 g/mol. The quantitative estimate of drug-likeness (QED) is 0.808. The molecule has 0 amide bonds. The van der Waals surface area contributed by atoms with E-state index in [1.54, 1.807) is 12.1 Å². The van der Waals surface area contributed by atoms with Gasteiger partial charge in [0, 0.05) is 3.57 Å². The van der Waals surface area contributed by atoms with E-state index in [-0.39, 0.29) is 5.41 Å². The lowest BCUT2D eigenvalue weighted by molar-refractivity contribution is 0.0696. The van der Waals surface area contributed by atoms with Crippen molar-refractivity contribution in [2.45, 2.75) is 26.2 Å². The molecule has 2 nitrogen and oxygen atoms in total. The number of halogens is 1. The molecule has 0 bridgehead atoms. The fourth-order valence-electron chi connectivity index (χ4n) is 1.23. The number of hydrogen-bond donors (Lipinski definition) is 1. The number of hydrogen-bond acceptors (Lipinski definition) is 1.